The second-order valence-electron chi connectivity index (χ2n) is 5.82. The van der Waals surface area contributed by atoms with E-state index in [1.165, 1.54) is 18.2 Å². The van der Waals surface area contributed by atoms with Crippen molar-refractivity contribution in [2.45, 2.75) is 6.18 Å². The summed E-state index contributed by atoms with van der Waals surface area (Å²) in [5, 5.41) is 4.94. The molecule has 0 aliphatic carbocycles. The number of anilines is 2. The van der Waals surface area contributed by atoms with Crippen LogP contribution in [0.2, 0.25) is 0 Å². The maximum absolute atomic E-state index is 12.9. The number of rotatable bonds is 6. The first-order chi connectivity index (χ1) is 12.3. The predicted molar refractivity (Wildman–Crippen MR) is 91.8 cm³/mol. The second-order valence-corrected chi connectivity index (χ2v) is 5.82. The lowest BCUT2D eigenvalue weighted by Gasteiger charge is -2.16. The Bertz CT molecular complexity index is 764. The monoisotopic (exact) mass is 366 g/mol. The highest BCUT2D eigenvalue weighted by Gasteiger charge is 2.33. The number of benzene rings is 2. The van der Waals surface area contributed by atoms with E-state index in [1.54, 1.807) is 31.3 Å². The Hall–Kier alpha value is -2.87. The fraction of sp³-hybridized carbons (Fsp3) is 0.222. The maximum atomic E-state index is 12.9. The zero-order valence-electron chi connectivity index (χ0n) is 14.1. The van der Waals surface area contributed by atoms with E-state index in [2.05, 4.69) is 10.6 Å². The lowest BCUT2D eigenvalue weighted by Crippen LogP contribution is -3.11. The van der Waals surface area contributed by atoms with Crippen LogP contribution < -0.4 is 15.5 Å². The number of halogens is 3. The van der Waals surface area contributed by atoms with E-state index in [-0.39, 0.29) is 24.7 Å². The fourth-order valence-electron chi connectivity index (χ4n) is 2.37. The molecule has 0 radical (unpaired) electrons. The molecule has 0 aliphatic heterocycles. The third-order valence-corrected chi connectivity index (χ3v) is 3.49. The van der Waals surface area contributed by atoms with Crippen LogP contribution in [0.25, 0.3) is 0 Å². The molecule has 0 saturated carbocycles. The highest BCUT2D eigenvalue weighted by Crippen LogP contribution is 2.34. The molecule has 0 saturated heterocycles. The Kier molecular flexibility index (Phi) is 6.35. The Morgan fingerprint density at radius 1 is 0.885 bits per heavy atom. The van der Waals surface area contributed by atoms with E-state index < -0.39 is 17.6 Å². The zero-order chi connectivity index (χ0) is 19.2. The third kappa shape index (κ3) is 5.89. The summed E-state index contributed by atoms with van der Waals surface area (Å²) in [6.45, 7) is -0.141. The summed E-state index contributed by atoms with van der Waals surface area (Å²) in [6.07, 6.45) is -4.56. The molecular weight excluding hydrogens is 347 g/mol. The number of carbonyl (C=O) groups excluding carboxylic acids is 2. The standard InChI is InChI=1S/C18H18F3N3O2/c1-24(11-16(25)22-13-7-3-2-4-8-13)12-17(26)23-15-10-6-5-9-14(15)18(19,20)21/h2-10H,11-12H2,1H3,(H,22,25)(H,23,26)/p+1. The molecule has 2 amide bonds. The van der Waals surface area contributed by atoms with Gasteiger partial charge in [0.1, 0.15) is 0 Å². The molecule has 5 nitrogen and oxygen atoms in total. The van der Waals surface area contributed by atoms with E-state index in [0.29, 0.717) is 10.6 Å². The van der Waals surface area contributed by atoms with E-state index in [1.807, 2.05) is 6.07 Å². The van der Waals surface area contributed by atoms with Crippen LogP contribution in [-0.4, -0.2) is 32.0 Å². The quantitative estimate of drug-likeness (QED) is 0.730. The largest absolute Gasteiger partial charge is 0.418 e. The van der Waals surface area contributed by atoms with Crippen LogP contribution in [0.15, 0.2) is 54.6 Å². The predicted octanol–water partition coefficient (Wildman–Crippen LogP) is 1.80. The normalized spacial score (nSPS) is 12.3. The molecule has 2 rings (SSSR count). The average molecular weight is 366 g/mol. The van der Waals surface area contributed by atoms with Crippen LogP contribution in [0.1, 0.15) is 5.56 Å². The molecule has 0 bridgehead atoms. The number of nitrogens with one attached hydrogen (secondary N) is 3. The van der Waals surface area contributed by atoms with Crippen LogP contribution in [0.3, 0.4) is 0 Å². The molecular formula is C18H19F3N3O2+. The molecule has 0 aromatic heterocycles. The van der Waals surface area contributed by atoms with Gasteiger partial charge < -0.3 is 15.5 Å². The van der Waals surface area contributed by atoms with Crippen molar-refractivity contribution >= 4 is 23.2 Å². The smallest absolute Gasteiger partial charge is 0.322 e. The maximum Gasteiger partial charge on any atom is 0.418 e. The number of carbonyl (C=O) groups is 2. The van der Waals surface area contributed by atoms with Crippen LogP contribution >= 0.6 is 0 Å². The Morgan fingerprint density at radius 2 is 1.42 bits per heavy atom. The van der Waals surface area contributed by atoms with Crippen molar-refractivity contribution < 1.29 is 27.7 Å². The minimum absolute atomic E-state index is 0.00321. The number of amides is 2. The molecule has 0 fully saturated rings. The molecule has 0 spiro atoms. The van der Waals surface area contributed by atoms with E-state index in [9.17, 15) is 22.8 Å². The molecule has 0 heterocycles. The van der Waals surface area contributed by atoms with Crippen LogP contribution in [-0.2, 0) is 15.8 Å². The average Bonchev–Trinajstić information content (AvgIpc) is 2.54. The zero-order valence-corrected chi connectivity index (χ0v) is 14.1. The molecule has 0 aliphatic rings. The van der Waals surface area contributed by atoms with Crippen LogP contribution in [0.5, 0.6) is 0 Å². The van der Waals surface area contributed by atoms with Gasteiger partial charge in [0.15, 0.2) is 13.1 Å². The number of para-hydroxylation sites is 2. The van der Waals surface area contributed by atoms with E-state index >= 15 is 0 Å². The number of likely N-dealkylation sites (N-methyl/N-ethyl adjacent to an activating group) is 1. The first kappa shape index (κ1) is 19.5. The van der Waals surface area contributed by atoms with Gasteiger partial charge in [-0.15, -0.1) is 0 Å². The topological polar surface area (TPSA) is 62.6 Å². The lowest BCUT2D eigenvalue weighted by molar-refractivity contribution is -0.862. The van der Waals surface area contributed by atoms with Gasteiger partial charge in [0, 0.05) is 5.69 Å². The molecule has 1 atom stereocenters. The van der Waals surface area contributed by atoms with E-state index in [4.69, 9.17) is 0 Å². The fourth-order valence-corrected chi connectivity index (χ4v) is 2.37. The van der Waals surface area contributed by atoms with Crippen molar-refractivity contribution in [3.63, 3.8) is 0 Å². The summed E-state index contributed by atoms with van der Waals surface area (Å²) < 4.78 is 38.8. The number of alkyl halides is 3. The summed E-state index contributed by atoms with van der Waals surface area (Å²) in [6, 6.07) is 13.6. The van der Waals surface area contributed by atoms with Crippen LogP contribution in [0, 0.1) is 0 Å². The molecule has 26 heavy (non-hydrogen) atoms. The first-order valence-corrected chi connectivity index (χ1v) is 7.88. The summed E-state index contributed by atoms with van der Waals surface area (Å²) in [4.78, 5) is 24.5. The van der Waals surface area contributed by atoms with Gasteiger partial charge in [0.2, 0.25) is 0 Å². The van der Waals surface area contributed by atoms with E-state index in [0.717, 1.165) is 6.07 Å². The second kappa shape index (κ2) is 8.48. The molecule has 8 heteroatoms. The van der Waals surface area contributed by atoms with Gasteiger partial charge in [-0.2, -0.15) is 13.2 Å². The van der Waals surface area contributed by atoms with Crippen molar-refractivity contribution in [1.29, 1.82) is 0 Å². The number of hydrogen-bond donors (Lipinski definition) is 3. The van der Waals surface area contributed by atoms with Gasteiger partial charge >= 0.3 is 6.18 Å². The summed E-state index contributed by atoms with van der Waals surface area (Å²) in [7, 11) is 1.61. The third-order valence-electron chi connectivity index (χ3n) is 3.49. The lowest BCUT2D eigenvalue weighted by atomic mass is 10.1. The van der Waals surface area contributed by atoms with Gasteiger partial charge in [0.05, 0.1) is 18.3 Å². The van der Waals surface area contributed by atoms with Crippen molar-refractivity contribution in [3.05, 3.63) is 60.2 Å². The van der Waals surface area contributed by atoms with Crippen molar-refractivity contribution in [2.24, 2.45) is 0 Å². The molecule has 1 unspecified atom stereocenters. The Balaban J connectivity index is 1.89. The molecule has 138 valence electrons. The summed E-state index contributed by atoms with van der Waals surface area (Å²) in [5.41, 5.74) is -0.576. The SMILES string of the molecule is C[NH+](CC(=O)Nc1ccccc1)CC(=O)Nc1ccccc1C(F)(F)F. The molecule has 3 N–H and O–H groups in total. The van der Waals surface area contributed by atoms with Gasteiger partial charge in [-0.3, -0.25) is 9.59 Å². The van der Waals surface area contributed by atoms with Crippen molar-refractivity contribution in [1.82, 2.24) is 0 Å². The molecule has 2 aromatic rings. The minimum Gasteiger partial charge on any atom is -0.322 e. The van der Waals surface area contributed by atoms with Crippen molar-refractivity contribution in [2.75, 3.05) is 30.8 Å². The molecule has 2 aromatic carbocycles. The summed E-state index contributed by atoms with van der Waals surface area (Å²) in [5.74, 6) is -0.899. The Labute approximate surface area is 148 Å². The Morgan fingerprint density at radius 3 is 2.04 bits per heavy atom. The first-order valence-electron chi connectivity index (χ1n) is 7.88. The van der Waals surface area contributed by atoms with Gasteiger partial charge in [-0.05, 0) is 24.3 Å². The highest BCUT2D eigenvalue weighted by atomic mass is 19.4. The summed E-state index contributed by atoms with van der Waals surface area (Å²) >= 11 is 0. The minimum atomic E-state index is -4.56. The van der Waals surface area contributed by atoms with Crippen LogP contribution in [0.4, 0.5) is 24.5 Å². The number of hydrogen-bond acceptors (Lipinski definition) is 2. The van der Waals surface area contributed by atoms with Gasteiger partial charge in [-0.25, -0.2) is 0 Å². The van der Waals surface area contributed by atoms with Gasteiger partial charge in [0.25, 0.3) is 11.8 Å². The number of quaternary nitrogens is 1. The van der Waals surface area contributed by atoms with Crippen molar-refractivity contribution in [3.8, 4) is 0 Å². The highest BCUT2D eigenvalue weighted by molar-refractivity contribution is 5.93. The van der Waals surface area contributed by atoms with Gasteiger partial charge in [-0.1, -0.05) is 30.3 Å².